The molecule has 130 valence electrons. The molecule has 0 spiro atoms. The number of aliphatic carboxylic acids is 1. The number of carbonyl (C=O) groups is 1. The van der Waals surface area contributed by atoms with E-state index in [0.29, 0.717) is 17.6 Å². The Morgan fingerprint density at radius 2 is 1.78 bits per heavy atom. The standard InChI is InChI=1S/C16H30N2O3.ClH.Na/c1-2-3-4-5-6-7-8-9-15-17-10-11-18(15,12-13-19)14-16(20)21;;/h19H,2-14H2,1H3;1H;/q;;+1. The first-order valence-corrected chi connectivity index (χ1v) is 8.37. The van der Waals surface area contributed by atoms with Gasteiger partial charge in [-0.3, -0.25) is 4.48 Å². The van der Waals surface area contributed by atoms with Gasteiger partial charge in [0, 0.05) is 6.42 Å². The van der Waals surface area contributed by atoms with Crippen molar-refractivity contribution in [3.63, 3.8) is 0 Å². The van der Waals surface area contributed by atoms with Crippen molar-refractivity contribution < 1.29 is 61.5 Å². The van der Waals surface area contributed by atoms with Gasteiger partial charge in [0.15, 0.2) is 12.4 Å². The molecule has 1 aliphatic rings. The van der Waals surface area contributed by atoms with E-state index in [1.807, 2.05) is 0 Å². The van der Waals surface area contributed by atoms with Gasteiger partial charge in [-0.25, -0.2) is 9.79 Å². The van der Waals surface area contributed by atoms with Crippen LogP contribution in [0.25, 0.3) is 0 Å². The summed E-state index contributed by atoms with van der Waals surface area (Å²) in [6.07, 6.45) is 9.61. The predicted molar refractivity (Wildman–Crippen MR) is 84.5 cm³/mol. The van der Waals surface area contributed by atoms with Crippen molar-refractivity contribution in [3.8, 4) is 0 Å². The van der Waals surface area contributed by atoms with Gasteiger partial charge < -0.3 is 22.6 Å². The van der Waals surface area contributed by atoms with Gasteiger partial charge >= 0.3 is 35.5 Å². The number of unbranched alkanes of at least 4 members (excludes halogenated alkanes) is 6. The summed E-state index contributed by atoms with van der Waals surface area (Å²) in [6, 6.07) is 0. The van der Waals surface area contributed by atoms with Gasteiger partial charge in [0.2, 0.25) is 0 Å². The zero-order chi connectivity index (χ0) is 15.6. The van der Waals surface area contributed by atoms with Crippen LogP contribution in [0.15, 0.2) is 4.99 Å². The van der Waals surface area contributed by atoms with Crippen LogP contribution in [0, 0.1) is 0 Å². The quantitative estimate of drug-likeness (QED) is 0.216. The molecule has 5 nitrogen and oxygen atoms in total. The fourth-order valence-electron chi connectivity index (χ4n) is 3.15. The van der Waals surface area contributed by atoms with E-state index in [4.69, 9.17) is 5.11 Å². The molecular formula is C16H31ClN2NaO3+. The third-order valence-corrected chi connectivity index (χ3v) is 4.34. The molecule has 0 amide bonds. The van der Waals surface area contributed by atoms with Crippen LogP contribution in [-0.2, 0) is 4.79 Å². The molecule has 0 aliphatic carbocycles. The van der Waals surface area contributed by atoms with Gasteiger partial charge in [0.1, 0.15) is 13.1 Å². The van der Waals surface area contributed by atoms with Gasteiger partial charge in [-0.2, -0.15) is 0 Å². The van der Waals surface area contributed by atoms with E-state index in [2.05, 4.69) is 11.9 Å². The Balaban J connectivity index is 0. The minimum atomic E-state index is -0.808. The minimum absolute atomic E-state index is 0. The maximum atomic E-state index is 11.1. The van der Waals surface area contributed by atoms with E-state index in [0.717, 1.165) is 25.2 Å². The summed E-state index contributed by atoms with van der Waals surface area (Å²) in [5.74, 6) is 0.178. The zero-order valence-electron chi connectivity index (χ0n) is 14.8. The summed E-state index contributed by atoms with van der Waals surface area (Å²) in [5, 5.41) is 18.4. The number of hydrogen-bond donors (Lipinski definition) is 2. The number of aliphatic hydroxyl groups is 1. The first kappa shape index (κ1) is 25.6. The molecule has 0 aromatic rings. The van der Waals surface area contributed by atoms with Crippen molar-refractivity contribution in [3.05, 3.63) is 0 Å². The van der Waals surface area contributed by atoms with Crippen LogP contribution in [0.3, 0.4) is 0 Å². The smallest absolute Gasteiger partial charge is 1.00 e. The van der Waals surface area contributed by atoms with Crippen LogP contribution in [-0.4, -0.2) is 59.3 Å². The number of quaternary nitrogens is 1. The summed E-state index contributed by atoms with van der Waals surface area (Å²) in [7, 11) is 0. The summed E-state index contributed by atoms with van der Waals surface area (Å²) >= 11 is 0. The monoisotopic (exact) mass is 357 g/mol. The van der Waals surface area contributed by atoms with Gasteiger partial charge in [-0.15, -0.1) is 0 Å². The number of carboxylic acids is 1. The van der Waals surface area contributed by atoms with Crippen LogP contribution in [0.1, 0.15) is 58.3 Å². The molecule has 0 saturated heterocycles. The number of rotatable bonds is 12. The fourth-order valence-corrected chi connectivity index (χ4v) is 3.15. The third kappa shape index (κ3) is 9.42. The maximum Gasteiger partial charge on any atom is 1.00 e. The summed E-state index contributed by atoms with van der Waals surface area (Å²) in [5.41, 5.74) is 0. The van der Waals surface area contributed by atoms with E-state index in [1.54, 1.807) is 0 Å². The number of carboxylic acid groups (broad SMARTS) is 1. The number of aliphatic hydroxyl groups excluding tert-OH is 1. The Labute approximate surface area is 168 Å². The molecule has 1 aliphatic heterocycles. The van der Waals surface area contributed by atoms with E-state index in [-0.39, 0.29) is 55.1 Å². The van der Waals surface area contributed by atoms with Gasteiger partial charge in [-0.05, 0) is 6.42 Å². The molecule has 7 heteroatoms. The maximum absolute atomic E-state index is 11.1. The second kappa shape index (κ2) is 14.7. The normalized spacial score (nSPS) is 19.7. The van der Waals surface area contributed by atoms with Gasteiger partial charge in [-0.1, -0.05) is 45.4 Å². The number of amidine groups is 1. The minimum Gasteiger partial charge on any atom is -1.00 e. The van der Waals surface area contributed by atoms with Gasteiger partial charge in [0.25, 0.3) is 0 Å². The van der Waals surface area contributed by atoms with Crippen molar-refractivity contribution in [1.29, 1.82) is 0 Å². The van der Waals surface area contributed by atoms with Crippen LogP contribution < -0.4 is 42.0 Å². The molecule has 0 radical (unpaired) electrons. The summed E-state index contributed by atoms with van der Waals surface area (Å²) < 4.78 is 0.363. The Hall–Kier alpha value is 0.350. The molecule has 23 heavy (non-hydrogen) atoms. The van der Waals surface area contributed by atoms with Crippen molar-refractivity contribution >= 4 is 11.8 Å². The largest absolute Gasteiger partial charge is 1.00 e. The number of halogens is 1. The fraction of sp³-hybridized carbons (Fsp3) is 0.875. The van der Waals surface area contributed by atoms with Crippen molar-refractivity contribution in [2.24, 2.45) is 4.99 Å². The molecule has 1 rings (SSSR count). The molecule has 2 N–H and O–H groups in total. The first-order chi connectivity index (χ1) is 10.1. The van der Waals surface area contributed by atoms with Crippen molar-refractivity contribution in [1.82, 2.24) is 0 Å². The summed E-state index contributed by atoms with van der Waals surface area (Å²) in [4.78, 5) is 15.6. The molecule has 0 aromatic carbocycles. The van der Waals surface area contributed by atoms with E-state index < -0.39 is 5.97 Å². The molecule has 0 bridgehead atoms. The first-order valence-electron chi connectivity index (χ1n) is 8.37. The molecule has 1 atom stereocenters. The number of nitrogens with zero attached hydrogens (tertiary/aromatic N) is 2. The Kier molecular flexibility index (Phi) is 16.3. The average Bonchev–Trinajstić information content (AvgIpc) is 2.80. The average molecular weight is 358 g/mol. The molecule has 0 aromatic heterocycles. The molecule has 0 saturated carbocycles. The predicted octanol–water partition coefficient (Wildman–Crippen LogP) is -3.56. The van der Waals surface area contributed by atoms with Gasteiger partial charge in [0.05, 0.1) is 13.2 Å². The summed E-state index contributed by atoms with van der Waals surface area (Å²) in [6.45, 7) is 4.18. The zero-order valence-corrected chi connectivity index (χ0v) is 17.5. The second-order valence-electron chi connectivity index (χ2n) is 6.04. The molecule has 0 fully saturated rings. The molecular weight excluding hydrogens is 327 g/mol. The van der Waals surface area contributed by atoms with Crippen LogP contribution in [0.2, 0.25) is 0 Å². The van der Waals surface area contributed by atoms with Crippen molar-refractivity contribution in [2.45, 2.75) is 58.3 Å². The molecule has 1 heterocycles. The van der Waals surface area contributed by atoms with Crippen LogP contribution in [0.5, 0.6) is 0 Å². The Morgan fingerprint density at radius 3 is 2.35 bits per heavy atom. The van der Waals surface area contributed by atoms with E-state index >= 15 is 0 Å². The Bertz CT molecular complexity index is 356. The second-order valence-corrected chi connectivity index (χ2v) is 6.04. The van der Waals surface area contributed by atoms with Crippen LogP contribution in [0.4, 0.5) is 0 Å². The number of hydrogen-bond acceptors (Lipinski definition) is 3. The number of aliphatic imine (C=N–C) groups is 1. The SMILES string of the molecule is CCCCCCCCCC1=NCC[N+]1(CCO)CC(=O)O.[Cl-].[Na+]. The van der Waals surface area contributed by atoms with Crippen molar-refractivity contribution in [2.75, 3.05) is 32.8 Å². The van der Waals surface area contributed by atoms with E-state index in [1.165, 1.54) is 38.5 Å². The molecule has 1 unspecified atom stereocenters. The third-order valence-electron chi connectivity index (χ3n) is 4.34. The van der Waals surface area contributed by atoms with E-state index in [9.17, 15) is 9.90 Å². The van der Waals surface area contributed by atoms with Crippen LogP contribution >= 0.6 is 0 Å². The Morgan fingerprint density at radius 1 is 1.17 bits per heavy atom. The topological polar surface area (TPSA) is 69.9 Å².